The lowest BCUT2D eigenvalue weighted by Crippen LogP contribution is -2.37. The number of rotatable bonds is 5. The largest absolute Gasteiger partial charge is 0.496 e. The lowest BCUT2D eigenvalue weighted by Gasteiger charge is -2.28. The van der Waals surface area contributed by atoms with Crippen LogP contribution in [-0.2, 0) is 11.3 Å². The van der Waals surface area contributed by atoms with E-state index in [9.17, 15) is 0 Å². The number of nitrogens with zero attached hydrogens (tertiary/aromatic N) is 8. The van der Waals surface area contributed by atoms with Crippen molar-refractivity contribution in [3.63, 3.8) is 0 Å². The molecule has 1 aliphatic rings. The van der Waals surface area contributed by atoms with Crippen molar-refractivity contribution in [1.29, 1.82) is 0 Å². The van der Waals surface area contributed by atoms with E-state index in [1.807, 2.05) is 41.5 Å². The van der Waals surface area contributed by atoms with Gasteiger partial charge in [-0.05, 0) is 32.9 Å². The summed E-state index contributed by atoms with van der Waals surface area (Å²) in [6.45, 7) is 9.85. The van der Waals surface area contributed by atoms with Crippen LogP contribution in [-0.4, -0.2) is 67.9 Å². The van der Waals surface area contributed by atoms with Crippen LogP contribution in [0.3, 0.4) is 0 Å². The number of methoxy groups -OCH3 is 1. The van der Waals surface area contributed by atoms with E-state index in [2.05, 4.69) is 22.9 Å². The van der Waals surface area contributed by atoms with E-state index < -0.39 is 0 Å². The molecule has 5 aromatic rings. The zero-order valence-electron chi connectivity index (χ0n) is 20.9. The predicted molar refractivity (Wildman–Crippen MR) is 138 cm³/mol. The molecule has 0 radical (unpaired) electrons. The highest BCUT2D eigenvalue weighted by Gasteiger charge is 2.23. The summed E-state index contributed by atoms with van der Waals surface area (Å²) < 4.78 is 15.1. The van der Waals surface area contributed by atoms with Gasteiger partial charge >= 0.3 is 0 Å². The van der Waals surface area contributed by atoms with Gasteiger partial charge in [0, 0.05) is 49.2 Å². The van der Waals surface area contributed by atoms with Crippen molar-refractivity contribution >= 4 is 27.6 Å². The van der Waals surface area contributed by atoms with E-state index in [0.717, 1.165) is 81.5 Å². The average Bonchev–Trinajstić information content (AvgIpc) is 3.50. The van der Waals surface area contributed by atoms with Crippen molar-refractivity contribution in [3.05, 3.63) is 48.2 Å². The summed E-state index contributed by atoms with van der Waals surface area (Å²) >= 11 is 0. The number of hydrogen-bond donors (Lipinski definition) is 0. The van der Waals surface area contributed by atoms with Crippen LogP contribution in [0.15, 0.2) is 36.8 Å². The van der Waals surface area contributed by atoms with E-state index in [4.69, 9.17) is 29.6 Å². The highest BCUT2D eigenvalue weighted by Crippen LogP contribution is 2.34. The van der Waals surface area contributed by atoms with Gasteiger partial charge in [-0.15, -0.1) is 0 Å². The Morgan fingerprint density at radius 1 is 1.03 bits per heavy atom. The fourth-order valence-electron chi connectivity index (χ4n) is 4.95. The molecule has 1 aliphatic heterocycles. The van der Waals surface area contributed by atoms with Crippen LogP contribution in [0.25, 0.3) is 38.9 Å². The van der Waals surface area contributed by atoms with Gasteiger partial charge in [0.2, 0.25) is 0 Å². The number of aromatic nitrogens is 7. The Balaban J connectivity index is 1.58. The fraction of sp³-hybridized carbons (Fsp3) is 0.346. The number of hydrogen-bond acceptors (Lipinski definition) is 8. The van der Waals surface area contributed by atoms with Crippen LogP contribution in [0, 0.1) is 13.8 Å². The first-order valence-corrected chi connectivity index (χ1v) is 12.1. The summed E-state index contributed by atoms with van der Waals surface area (Å²) in [6, 6.07) is 5.94. The summed E-state index contributed by atoms with van der Waals surface area (Å²) in [4.78, 5) is 16.6. The van der Waals surface area contributed by atoms with Crippen LogP contribution in [0.4, 0.5) is 5.82 Å². The quantitative estimate of drug-likeness (QED) is 0.373. The topological polar surface area (TPSA) is 96.0 Å². The van der Waals surface area contributed by atoms with Gasteiger partial charge in [0.25, 0.3) is 0 Å². The van der Waals surface area contributed by atoms with Gasteiger partial charge in [0.05, 0.1) is 59.9 Å². The molecular weight excluding hydrogens is 456 g/mol. The Labute approximate surface area is 208 Å². The third-order valence-electron chi connectivity index (χ3n) is 6.74. The lowest BCUT2D eigenvalue weighted by molar-refractivity contribution is 0.122. The van der Waals surface area contributed by atoms with Crippen LogP contribution in [0.2, 0.25) is 0 Å². The Morgan fingerprint density at radius 2 is 1.86 bits per heavy atom. The third kappa shape index (κ3) is 3.56. The van der Waals surface area contributed by atoms with Crippen molar-refractivity contribution in [2.75, 3.05) is 38.3 Å². The number of aryl methyl sites for hydroxylation is 3. The molecule has 0 N–H and O–H groups in total. The molecule has 5 aromatic heterocycles. The zero-order chi connectivity index (χ0) is 24.8. The zero-order valence-corrected chi connectivity index (χ0v) is 20.9. The smallest absolute Gasteiger partial charge is 0.158 e. The molecule has 1 fully saturated rings. The van der Waals surface area contributed by atoms with Gasteiger partial charge in [-0.25, -0.2) is 9.67 Å². The second kappa shape index (κ2) is 8.87. The van der Waals surface area contributed by atoms with Crippen LogP contribution >= 0.6 is 0 Å². The fourth-order valence-corrected chi connectivity index (χ4v) is 4.95. The molecular formula is C26H28N8O2. The van der Waals surface area contributed by atoms with Crippen LogP contribution in [0.5, 0.6) is 5.75 Å². The van der Waals surface area contributed by atoms with Gasteiger partial charge in [-0.2, -0.15) is 10.2 Å². The molecule has 6 rings (SSSR count). The second-order valence-electron chi connectivity index (χ2n) is 8.86. The molecule has 0 bridgehead atoms. The molecule has 184 valence electrons. The average molecular weight is 485 g/mol. The number of anilines is 1. The van der Waals surface area contributed by atoms with Gasteiger partial charge in [-0.3, -0.25) is 14.6 Å². The summed E-state index contributed by atoms with van der Waals surface area (Å²) in [7, 11) is 1.65. The molecule has 0 unspecified atom stereocenters. The number of fused-ring (bicyclic) bond motifs is 2. The normalized spacial score (nSPS) is 14.2. The first-order valence-electron chi connectivity index (χ1n) is 12.1. The maximum atomic E-state index is 5.61. The highest BCUT2D eigenvalue weighted by molar-refractivity contribution is 5.94. The maximum Gasteiger partial charge on any atom is 0.158 e. The minimum Gasteiger partial charge on any atom is -0.496 e. The van der Waals surface area contributed by atoms with Crippen molar-refractivity contribution in [2.24, 2.45) is 0 Å². The summed E-state index contributed by atoms with van der Waals surface area (Å²) in [6.07, 6.45) is 5.34. The van der Waals surface area contributed by atoms with Crippen molar-refractivity contribution in [2.45, 2.75) is 27.3 Å². The molecule has 10 heteroatoms. The molecule has 36 heavy (non-hydrogen) atoms. The minimum absolute atomic E-state index is 0.681. The Kier molecular flexibility index (Phi) is 5.52. The first-order chi connectivity index (χ1) is 17.6. The monoisotopic (exact) mass is 484 g/mol. The second-order valence-corrected chi connectivity index (χ2v) is 8.86. The van der Waals surface area contributed by atoms with Crippen molar-refractivity contribution < 1.29 is 9.47 Å². The van der Waals surface area contributed by atoms with Crippen molar-refractivity contribution in [3.8, 4) is 22.8 Å². The molecule has 0 aromatic carbocycles. The number of pyridine rings is 3. The van der Waals surface area contributed by atoms with Gasteiger partial charge in [-0.1, -0.05) is 0 Å². The van der Waals surface area contributed by atoms with Gasteiger partial charge in [0.15, 0.2) is 5.82 Å². The molecule has 0 saturated carbocycles. The van der Waals surface area contributed by atoms with E-state index >= 15 is 0 Å². The van der Waals surface area contributed by atoms with Gasteiger partial charge < -0.3 is 14.4 Å². The molecule has 1 saturated heterocycles. The molecule has 6 heterocycles. The number of ether oxygens (including phenoxy) is 2. The van der Waals surface area contributed by atoms with Gasteiger partial charge in [0.1, 0.15) is 11.6 Å². The SMILES string of the molecule is CCn1nc(C)c2c(N3CCOCC3)nc(-n3ncc4c(C)nc(-c5cnccc5OC)cc43)cc21. The molecule has 0 aliphatic carbocycles. The summed E-state index contributed by atoms with van der Waals surface area (Å²) in [5, 5.41) is 11.6. The van der Waals surface area contributed by atoms with Crippen molar-refractivity contribution in [1.82, 2.24) is 34.5 Å². The third-order valence-corrected chi connectivity index (χ3v) is 6.74. The van der Waals surface area contributed by atoms with Crippen LogP contribution in [0.1, 0.15) is 18.3 Å². The highest BCUT2D eigenvalue weighted by atomic mass is 16.5. The Morgan fingerprint density at radius 3 is 2.64 bits per heavy atom. The molecule has 0 amide bonds. The minimum atomic E-state index is 0.681. The predicted octanol–water partition coefficient (Wildman–Crippen LogP) is 3.71. The lowest BCUT2D eigenvalue weighted by atomic mass is 10.1. The Bertz CT molecular complexity index is 1580. The summed E-state index contributed by atoms with van der Waals surface area (Å²) in [5.41, 5.74) is 5.42. The molecule has 0 spiro atoms. The first kappa shape index (κ1) is 22.4. The standard InChI is InChI=1S/C26H28N8O2/c1-5-33-22-13-24(30-26(25(22)17(3)31-33)32-8-10-36-11-9-32)34-21-12-20(29-16(2)18(21)15-28-34)19-14-27-7-6-23(19)35-4/h6-7,12-15H,5,8-11H2,1-4H3. The maximum absolute atomic E-state index is 5.61. The van der Waals surface area contributed by atoms with E-state index in [1.165, 1.54) is 0 Å². The molecule has 0 atom stereocenters. The summed E-state index contributed by atoms with van der Waals surface area (Å²) in [5.74, 6) is 2.38. The Hall–Kier alpha value is -4.05. The number of morpholine rings is 1. The van der Waals surface area contributed by atoms with Crippen LogP contribution < -0.4 is 9.64 Å². The van der Waals surface area contributed by atoms with E-state index in [1.54, 1.807) is 19.5 Å². The molecule has 10 nitrogen and oxygen atoms in total. The van der Waals surface area contributed by atoms with E-state index in [-0.39, 0.29) is 0 Å². The van der Waals surface area contributed by atoms with E-state index in [0.29, 0.717) is 13.2 Å².